The van der Waals surface area contributed by atoms with Crippen LogP contribution >= 0.6 is 0 Å². The molecule has 0 amide bonds. The molecule has 0 fully saturated rings. The molecule has 0 heterocycles. The second-order valence-corrected chi connectivity index (χ2v) is 3.59. The van der Waals surface area contributed by atoms with Gasteiger partial charge in [0, 0.05) is 0 Å². The largest absolute Gasteiger partial charge is 0.464 e. The summed E-state index contributed by atoms with van der Waals surface area (Å²) in [6, 6.07) is 3.67. The minimum atomic E-state index is -4.45. The third kappa shape index (κ3) is 4.89. The predicted molar refractivity (Wildman–Crippen MR) is 54.5 cm³/mol. The molecule has 3 nitrogen and oxygen atoms in total. The van der Waals surface area contributed by atoms with Crippen LogP contribution in [0.3, 0.4) is 0 Å². The first-order valence-corrected chi connectivity index (χ1v) is 5.04. The van der Waals surface area contributed by atoms with Crippen molar-refractivity contribution in [2.45, 2.75) is 19.2 Å². The average Bonchev–Trinajstić information content (AvgIpc) is 2.24. The molecule has 0 aliphatic rings. The van der Waals surface area contributed by atoms with Crippen molar-refractivity contribution in [1.29, 1.82) is 0 Å². The van der Waals surface area contributed by atoms with Gasteiger partial charge in [0.25, 0.3) is 0 Å². The molecule has 0 radical (unpaired) electrons. The molecule has 0 bridgehead atoms. The molecule has 7 heteroatoms. The van der Waals surface area contributed by atoms with Crippen molar-refractivity contribution in [2.75, 3.05) is 13.4 Å². The molecule has 102 valence electrons. The number of aliphatic hydroxyl groups is 1. The fourth-order valence-corrected chi connectivity index (χ4v) is 1.16. The number of alkyl halides is 3. The summed E-state index contributed by atoms with van der Waals surface area (Å²) in [5.74, 6) is -1.01. The van der Waals surface area contributed by atoms with Crippen LogP contribution in [0.5, 0.6) is 5.75 Å². The second-order valence-electron chi connectivity index (χ2n) is 3.59. The van der Waals surface area contributed by atoms with E-state index in [1.165, 1.54) is 19.1 Å². The van der Waals surface area contributed by atoms with Gasteiger partial charge < -0.3 is 14.6 Å². The van der Waals surface area contributed by atoms with Crippen LogP contribution in [0.1, 0.15) is 18.6 Å². The van der Waals surface area contributed by atoms with E-state index >= 15 is 0 Å². The summed E-state index contributed by atoms with van der Waals surface area (Å²) in [6.45, 7) is -0.702. The Kier molecular flexibility index (Phi) is 4.92. The van der Waals surface area contributed by atoms with Crippen LogP contribution in [-0.4, -0.2) is 24.7 Å². The van der Waals surface area contributed by atoms with Crippen molar-refractivity contribution >= 4 is 0 Å². The van der Waals surface area contributed by atoms with E-state index in [0.717, 1.165) is 6.07 Å². The molecular weight excluding hydrogens is 256 g/mol. The maximum atomic E-state index is 13.4. The predicted octanol–water partition coefficient (Wildman–Crippen LogP) is 2.79. The van der Waals surface area contributed by atoms with Crippen molar-refractivity contribution in [3.63, 3.8) is 0 Å². The summed E-state index contributed by atoms with van der Waals surface area (Å²) in [7, 11) is 0. The number of hydrogen-bond acceptors (Lipinski definition) is 3. The summed E-state index contributed by atoms with van der Waals surface area (Å²) >= 11 is 0. The quantitative estimate of drug-likeness (QED) is 0.507. The van der Waals surface area contributed by atoms with Gasteiger partial charge in [-0.2, -0.15) is 13.2 Å². The number of benzene rings is 1. The zero-order valence-corrected chi connectivity index (χ0v) is 9.50. The minimum absolute atomic E-state index is 0.235. The van der Waals surface area contributed by atoms with Crippen molar-refractivity contribution < 1.29 is 32.1 Å². The van der Waals surface area contributed by atoms with E-state index in [1.807, 2.05) is 0 Å². The van der Waals surface area contributed by atoms with E-state index in [0.29, 0.717) is 5.56 Å². The highest BCUT2D eigenvalue weighted by atomic mass is 19.4. The zero-order valence-electron chi connectivity index (χ0n) is 9.50. The molecule has 0 aliphatic heterocycles. The maximum Gasteiger partial charge on any atom is 0.411 e. The SMILES string of the molecule is C[C@H](O)c1ccc(OCOCC(F)(F)F)c(F)c1. The van der Waals surface area contributed by atoms with Gasteiger partial charge in [0.1, 0.15) is 6.61 Å². The standard InChI is InChI=1S/C11H12F4O3/c1-7(16)8-2-3-10(9(12)4-8)18-6-17-5-11(13,14)15/h2-4,7,16H,5-6H2,1H3/t7-/m0/s1. The fraction of sp³-hybridized carbons (Fsp3) is 0.455. The lowest BCUT2D eigenvalue weighted by Gasteiger charge is -2.11. The molecule has 18 heavy (non-hydrogen) atoms. The minimum Gasteiger partial charge on any atom is -0.464 e. The molecule has 1 aromatic carbocycles. The van der Waals surface area contributed by atoms with Gasteiger partial charge in [-0.1, -0.05) is 6.07 Å². The Balaban J connectivity index is 2.48. The normalized spacial score (nSPS) is 13.4. The molecule has 0 saturated heterocycles. The van der Waals surface area contributed by atoms with Crippen LogP contribution in [0.15, 0.2) is 18.2 Å². The van der Waals surface area contributed by atoms with Gasteiger partial charge >= 0.3 is 6.18 Å². The first kappa shape index (κ1) is 14.7. The fourth-order valence-electron chi connectivity index (χ4n) is 1.16. The lowest BCUT2D eigenvalue weighted by atomic mass is 10.1. The van der Waals surface area contributed by atoms with Crippen LogP contribution in [0, 0.1) is 5.82 Å². The lowest BCUT2D eigenvalue weighted by molar-refractivity contribution is -0.187. The molecule has 1 rings (SSSR count). The maximum absolute atomic E-state index is 13.4. The molecular formula is C11H12F4O3. The Morgan fingerprint density at radius 3 is 2.50 bits per heavy atom. The molecule has 0 spiro atoms. The summed E-state index contributed by atoms with van der Waals surface area (Å²) in [6.07, 6.45) is -5.28. The zero-order chi connectivity index (χ0) is 13.8. The highest BCUT2D eigenvalue weighted by Gasteiger charge is 2.27. The van der Waals surface area contributed by atoms with E-state index in [1.54, 1.807) is 0 Å². The number of ether oxygens (including phenoxy) is 2. The molecule has 0 aliphatic carbocycles. The Morgan fingerprint density at radius 2 is 2.00 bits per heavy atom. The summed E-state index contributed by atoms with van der Waals surface area (Å²) in [5.41, 5.74) is 0.344. The number of hydrogen-bond donors (Lipinski definition) is 1. The topological polar surface area (TPSA) is 38.7 Å². The van der Waals surface area contributed by atoms with Crippen molar-refractivity contribution in [2.24, 2.45) is 0 Å². The van der Waals surface area contributed by atoms with Gasteiger partial charge in [0.05, 0.1) is 6.10 Å². The van der Waals surface area contributed by atoms with E-state index in [-0.39, 0.29) is 5.75 Å². The van der Waals surface area contributed by atoms with Crippen LogP contribution in [0.4, 0.5) is 17.6 Å². The van der Waals surface area contributed by atoms with Gasteiger partial charge in [-0.25, -0.2) is 4.39 Å². The third-order valence-corrected chi connectivity index (χ3v) is 2.00. The van der Waals surface area contributed by atoms with Gasteiger partial charge in [-0.3, -0.25) is 0 Å². The molecule has 1 N–H and O–H groups in total. The van der Waals surface area contributed by atoms with Gasteiger partial charge in [-0.15, -0.1) is 0 Å². The summed E-state index contributed by atoms with van der Waals surface area (Å²) < 4.78 is 57.4. The number of rotatable bonds is 5. The van der Waals surface area contributed by atoms with Crippen LogP contribution in [0.2, 0.25) is 0 Å². The van der Waals surface area contributed by atoms with Crippen LogP contribution in [0.25, 0.3) is 0 Å². The molecule has 0 unspecified atom stereocenters. The highest BCUT2D eigenvalue weighted by Crippen LogP contribution is 2.22. The Labute approximate surface area is 101 Å². The van der Waals surface area contributed by atoms with Gasteiger partial charge in [0.15, 0.2) is 18.4 Å². The third-order valence-electron chi connectivity index (χ3n) is 2.00. The van der Waals surface area contributed by atoms with Crippen LogP contribution in [-0.2, 0) is 4.74 Å². The van der Waals surface area contributed by atoms with Gasteiger partial charge in [0.2, 0.25) is 0 Å². The van der Waals surface area contributed by atoms with Crippen molar-refractivity contribution in [3.05, 3.63) is 29.6 Å². The lowest BCUT2D eigenvalue weighted by Crippen LogP contribution is -2.19. The molecule has 1 atom stereocenters. The van der Waals surface area contributed by atoms with E-state index in [9.17, 15) is 22.7 Å². The summed E-state index contributed by atoms with van der Waals surface area (Å²) in [5, 5.41) is 9.19. The van der Waals surface area contributed by atoms with E-state index in [4.69, 9.17) is 0 Å². The Bertz CT molecular complexity index is 390. The van der Waals surface area contributed by atoms with E-state index < -0.39 is 31.5 Å². The smallest absolute Gasteiger partial charge is 0.411 e. The highest BCUT2D eigenvalue weighted by molar-refractivity contribution is 5.30. The molecule has 0 saturated carbocycles. The Hall–Kier alpha value is -1.34. The molecule has 0 aromatic heterocycles. The average molecular weight is 268 g/mol. The summed E-state index contributed by atoms with van der Waals surface area (Å²) in [4.78, 5) is 0. The van der Waals surface area contributed by atoms with Crippen LogP contribution < -0.4 is 4.74 Å². The van der Waals surface area contributed by atoms with Crippen molar-refractivity contribution in [3.8, 4) is 5.75 Å². The Morgan fingerprint density at radius 1 is 1.33 bits per heavy atom. The number of aliphatic hydroxyl groups excluding tert-OH is 1. The van der Waals surface area contributed by atoms with Crippen molar-refractivity contribution in [1.82, 2.24) is 0 Å². The monoisotopic (exact) mass is 268 g/mol. The van der Waals surface area contributed by atoms with Gasteiger partial charge in [-0.05, 0) is 24.6 Å². The second kappa shape index (κ2) is 6.01. The number of halogens is 4. The molecule has 1 aromatic rings. The first-order chi connectivity index (χ1) is 8.29. The van der Waals surface area contributed by atoms with E-state index in [2.05, 4.69) is 9.47 Å². The first-order valence-electron chi connectivity index (χ1n) is 5.04.